The normalized spacial score (nSPS) is 15.8. The van der Waals surface area contributed by atoms with Crippen LogP contribution in [0.2, 0.25) is 0 Å². The first-order valence-corrected chi connectivity index (χ1v) is 7.30. The van der Waals surface area contributed by atoms with Crippen LogP contribution in [0.4, 0.5) is 5.69 Å². The first-order valence-electron chi connectivity index (χ1n) is 5.65. The van der Waals surface area contributed by atoms with Crippen molar-refractivity contribution in [2.45, 2.75) is 17.7 Å². The van der Waals surface area contributed by atoms with Gasteiger partial charge in [0.2, 0.25) is 0 Å². The summed E-state index contributed by atoms with van der Waals surface area (Å²) in [6.07, 6.45) is 7.46. The van der Waals surface area contributed by atoms with E-state index in [4.69, 9.17) is 6.42 Å². The van der Waals surface area contributed by atoms with E-state index in [9.17, 15) is 8.42 Å². The van der Waals surface area contributed by atoms with Gasteiger partial charge in [0.1, 0.15) is 5.75 Å². The lowest BCUT2D eigenvalue weighted by Crippen LogP contribution is -2.17. The van der Waals surface area contributed by atoms with Crippen LogP contribution in [-0.4, -0.2) is 27.3 Å². The van der Waals surface area contributed by atoms with E-state index in [0.717, 1.165) is 18.8 Å². The fourth-order valence-corrected chi connectivity index (χ4v) is 2.97. The van der Waals surface area contributed by atoms with Crippen molar-refractivity contribution in [1.82, 2.24) is 0 Å². The summed E-state index contributed by atoms with van der Waals surface area (Å²) in [5, 5.41) is 0. The van der Waals surface area contributed by atoms with E-state index in [1.807, 2.05) is 12.1 Å². The zero-order valence-electron chi connectivity index (χ0n) is 9.59. The van der Waals surface area contributed by atoms with E-state index in [1.54, 1.807) is 12.1 Å². The molecule has 0 amide bonds. The third kappa shape index (κ3) is 2.62. The number of sulfone groups is 1. The first-order chi connectivity index (χ1) is 8.13. The van der Waals surface area contributed by atoms with Crippen LogP contribution >= 0.6 is 0 Å². The van der Waals surface area contributed by atoms with E-state index >= 15 is 0 Å². The second-order valence-corrected chi connectivity index (χ2v) is 6.14. The number of anilines is 1. The number of benzene rings is 1. The first kappa shape index (κ1) is 12.0. The van der Waals surface area contributed by atoms with Gasteiger partial charge in [-0.05, 0) is 37.1 Å². The molecule has 0 saturated carbocycles. The van der Waals surface area contributed by atoms with Crippen LogP contribution in [0.25, 0.3) is 0 Å². The Morgan fingerprint density at radius 1 is 1.18 bits per heavy atom. The van der Waals surface area contributed by atoms with Crippen molar-refractivity contribution < 1.29 is 8.42 Å². The fourth-order valence-electron chi connectivity index (χ4n) is 2.03. The Morgan fingerprint density at radius 2 is 1.76 bits per heavy atom. The molecular formula is C13H15NO2S. The van der Waals surface area contributed by atoms with Gasteiger partial charge in [-0.2, -0.15) is 0 Å². The van der Waals surface area contributed by atoms with Crippen LogP contribution in [0, 0.1) is 12.3 Å². The third-order valence-electron chi connectivity index (χ3n) is 2.94. The van der Waals surface area contributed by atoms with E-state index in [1.165, 1.54) is 12.8 Å². The quantitative estimate of drug-likeness (QED) is 0.765. The molecule has 0 aliphatic carbocycles. The standard InChI is InChI=1S/C13H15NO2S/c1-2-11-17(15,16)13-7-5-12(6-8-13)14-9-3-4-10-14/h1,5-8H,3-4,9-11H2. The lowest BCUT2D eigenvalue weighted by molar-refractivity contribution is 0.599. The van der Waals surface area contributed by atoms with Gasteiger partial charge in [-0.3, -0.25) is 0 Å². The van der Waals surface area contributed by atoms with Crippen molar-refractivity contribution in [3.05, 3.63) is 24.3 Å². The average Bonchev–Trinajstić information content (AvgIpc) is 2.82. The Kier molecular flexibility index (Phi) is 3.39. The zero-order chi connectivity index (χ0) is 12.3. The maximum Gasteiger partial charge on any atom is 0.189 e. The summed E-state index contributed by atoms with van der Waals surface area (Å²) in [5.41, 5.74) is 1.09. The number of nitrogens with zero attached hydrogens (tertiary/aromatic N) is 1. The van der Waals surface area contributed by atoms with Crippen LogP contribution < -0.4 is 4.90 Å². The molecule has 1 saturated heterocycles. The molecule has 0 radical (unpaired) electrons. The Hall–Kier alpha value is -1.47. The van der Waals surface area contributed by atoms with Crippen LogP contribution in [0.5, 0.6) is 0 Å². The molecule has 1 fully saturated rings. The molecule has 0 spiro atoms. The van der Waals surface area contributed by atoms with Crippen LogP contribution in [-0.2, 0) is 9.84 Å². The van der Waals surface area contributed by atoms with Crippen molar-refractivity contribution >= 4 is 15.5 Å². The molecular weight excluding hydrogens is 234 g/mol. The van der Waals surface area contributed by atoms with Crippen molar-refractivity contribution in [3.63, 3.8) is 0 Å². The minimum Gasteiger partial charge on any atom is -0.372 e. The summed E-state index contributed by atoms with van der Waals surface area (Å²) in [4.78, 5) is 2.57. The second kappa shape index (κ2) is 4.80. The van der Waals surface area contributed by atoms with E-state index in [0.29, 0.717) is 4.90 Å². The SMILES string of the molecule is C#CCS(=O)(=O)c1ccc(N2CCCC2)cc1. The predicted octanol–water partition coefficient (Wildman–Crippen LogP) is 1.69. The molecule has 3 nitrogen and oxygen atoms in total. The molecule has 90 valence electrons. The molecule has 1 aromatic carbocycles. The largest absolute Gasteiger partial charge is 0.372 e. The molecule has 2 rings (SSSR count). The van der Waals surface area contributed by atoms with E-state index in [-0.39, 0.29) is 5.75 Å². The highest BCUT2D eigenvalue weighted by Gasteiger charge is 2.15. The Labute approximate surface area is 102 Å². The summed E-state index contributed by atoms with van der Waals surface area (Å²) >= 11 is 0. The maximum atomic E-state index is 11.7. The number of hydrogen-bond acceptors (Lipinski definition) is 3. The highest BCUT2D eigenvalue weighted by atomic mass is 32.2. The maximum absolute atomic E-state index is 11.7. The van der Waals surface area contributed by atoms with Crippen molar-refractivity contribution in [3.8, 4) is 12.3 Å². The molecule has 1 heterocycles. The van der Waals surface area contributed by atoms with Gasteiger partial charge in [-0.25, -0.2) is 8.42 Å². The van der Waals surface area contributed by atoms with Gasteiger partial charge >= 0.3 is 0 Å². The molecule has 0 atom stereocenters. The molecule has 17 heavy (non-hydrogen) atoms. The van der Waals surface area contributed by atoms with Crippen molar-refractivity contribution in [1.29, 1.82) is 0 Å². The third-order valence-corrected chi connectivity index (χ3v) is 4.48. The predicted molar refractivity (Wildman–Crippen MR) is 68.8 cm³/mol. The lowest BCUT2D eigenvalue weighted by atomic mass is 10.3. The van der Waals surface area contributed by atoms with Gasteiger partial charge in [0.15, 0.2) is 9.84 Å². The zero-order valence-corrected chi connectivity index (χ0v) is 10.4. The highest BCUT2D eigenvalue weighted by Crippen LogP contribution is 2.22. The van der Waals surface area contributed by atoms with Crippen LogP contribution in [0.1, 0.15) is 12.8 Å². The summed E-state index contributed by atoms with van der Waals surface area (Å²) in [7, 11) is -3.31. The summed E-state index contributed by atoms with van der Waals surface area (Å²) < 4.78 is 23.4. The smallest absolute Gasteiger partial charge is 0.189 e. The minimum absolute atomic E-state index is 0.240. The van der Waals surface area contributed by atoms with Gasteiger partial charge in [-0.1, -0.05) is 5.92 Å². The minimum atomic E-state index is -3.31. The van der Waals surface area contributed by atoms with Gasteiger partial charge in [0.25, 0.3) is 0 Å². The monoisotopic (exact) mass is 249 g/mol. The second-order valence-electron chi connectivity index (χ2n) is 4.15. The topological polar surface area (TPSA) is 37.4 Å². The number of hydrogen-bond donors (Lipinski definition) is 0. The Balaban J connectivity index is 2.21. The summed E-state index contributed by atoms with van der Waals surface area (Å²) in [6, 6.07) is 6.99. The number of rotatable bonds is 3. The number of terminal acetylenes is 1. The van der Waals surface area contributed by atoms with Crippen LogP contribution in [0.3, 0.4) is 0 Å². The molecule has 1 aliphatic rings. The van der Waals surface area contributed by atoms with E-state index in [2.05, 4.69) is 10.8 Å². The molecule has 0 unspecified atom stereocenters. The molecule has 0 N–H and O–H groups in total. The average molecular weight is 249 g/mol. The highest BCUT2D eigenvalue weighted by molar-refractivity contribution is 7.91. The van der Waals surface area contributed by atoms with Crippen molar-refractivity contribution in [2.24, 2.45) is 0 Å². The summed E-state index contributed by atoms with van der Waals surface area (Å²) in [5.74, 6) is 1.94. The molecule has 1 aliphatic heterocycles. The molecule has 4 heteroatoms. The molecule has 0 bridgehead atoms. The van der Waals surface area contributed by atoms with Gasteiger partial charge in [0.05, 0.1) is 4.90 Å². The molecule has 1 aromatic rings. The van der Waals surface area contributed by atoms with Gasteiger partial charge in [0, 0.05) is 18.8 Å². The molecule has 0 aromatic heterocycles. The Bertz CT molecular complexity index is 520. The summed E-state index contributed by atoms with van der Waals surface area (Å²) in [6.45, 7) is 2.10. The van der Waals surface area contributed by atoms with Crippen LogP contribution in [0.15, 0.2) is 29.2 Å². The Morgan fingerprint density at radius 3 is 2.29 bits per heavy atom. The fraction of sp³-hybridized carbons (Fsp3) is 0.385. The van der Waals surface area contributed by atoms with Crippen molar-refractivity contribution in [2.75, 3.05) is 23.7 Å². The van der Waals surface area contributed by atoms with E-state index < -0.39 is 9.84 Å². The van der Waals surface area contributed by atoms with Gasteiger partial charge in [-0.15, -0.1) is 6.42 Å². The van der Waals surface area contributed by atoms with Gasteiger partial charge < -0.3 is 4.90 Å². The lowest BCUT2D eigenvalue weighted by Gasteiger charge is -2.17.